The SMILES string of the molecule is O=C1OC(/C=C/c2ccsc2)=NC/1=C\c1c[nH]c2ccccc12. The molecule has 0 radical (unpaired) electrons. The lowest BCUT2D eigenvalue weighted by Gasteiger charge is -1.92. The van der Waals surface area contributed by atoms with Gasteiger partial charge in [0.05, 0.1) is 0 Å². The van der Waals surface area contributed by atoms with Crippen molar-refractivity contribution in [1.82, 2.24) is 4.98 Å². The number of benzene rings is 1. The lowest BCUT2D eigenvalue weighted by atomic mass is 10.1. The van der Waals surface area contributed by atoms with E-state index in [1.165, 1.54) is 0 Å². The highest BCUT2D eigenvalue weighted by Gasteiger charge is 2.21. The van der Waals surface area contributed by atoms with E-state index < -0.39 is 5.97 Å². The molecule has 0 atom stereocenters. The average molecular weight is 320 g/mol. The van der Waals surface area contributed by atoms with Gasteiger partial charge in [-0.25, -0.2) is 9.79 Å². The number of nitrogens with zero attached hydrogens (tertiary/aromatic N) is 1. The summed E-state index contributed by atoms with van der Waals surface area (Å²) in [6.07, 6.45) is 7.18. The first-order valence-corrected chi connectivity index (χ1v) is 8.03. The summed E-state index contributed by atoms with van der Waals surface area (Å²) in [6.45, 7) is 0. The Bertz CT molecular complexity index is 962. The number of hydrogen-bond donors (Lipinski definition) is 1. The Morgan fingerprint density at radius 2 is 2.09 bits per heavy atom. The van der Waals surface area contributed by atoms with Gasteiger partial charge in [0, 0.05) is 28.7 Å². The second-order valence-corrected chi connectivity index (χ2v) is 5.83. The van der Waals surface area contributed by atoms with Gasteiger partial charge in [0.1, 0.15) is 0 Å². The van der Waals surface area contributed by atoms with Gasteiger partial charge in [-0.1, -0.05) is 18.2 Å². The van der Waals surface area contributed by atoms with Crippen LogP contribution in [0.4, 0.5) is 0 Å². The number of thiophene rings is 1. The summed E-state index contributed by atoms with van der Waals surface area (Å²) in [6, 6.07) is 9.90. The number of aromatic amines is 1. The topological polar surface area (TPSA) is 54.4 Å². The number of para-hydroxylation sites is 1. The minimum Gasteiger partial charge on any atom is -0.403 e. The molecule has 4 nitrogen and oxygen atoms in total. The van der Waals surface area contributed by atoms with E-state index in [4.69, 9.17) is 4.74 Å². The Labute approximate surface area is 136 Å². The van der Waals surface area contributed by atoms with Crippen molar-refractivity contribution in [2.45, 2.75) is 0 Å². The Morgan fingerprint density at radius 1 is 1.17 bits per heavy atom. The molecule has 0 saturated carbocycles. The van der Waals surface area contributed by atoms with Crippen LogP contribution in [-0.4, -0.2) is 16.9 Å². The number of H-pyrrole nitrogens is 1. The standard InChI is InChI=1S/C18H12N2O2S/c21-18-16(9-13-10-19-15-4-2-1-3-14(13)15)20-17(22-18)6-5-12-7-8-23-11-12/h1-11,19H/b6-5+,16-9-. The summed E-state index contributed by atoms with van der Waals surface area (Å²) >= 11 is 1.61. The van der Waals surface area contributed by atoms with E-state index in [1.54, 1.807) is 23.5 Å². The van der Waals surface area contributed by atoms with Crippen molar-refractivity contribution in [1.29, 1.82) is 0 Å². The highest BCUT2D eigenvalue weighted by atomic mass is 32.1. The maximum atomic E-state index is 12.0. The van der Waals surface area contributed by atoms with E-state index in [1.807, 2.05) is 53.4 Å². The molecule has 0 unspecified atom stereocenters. The second-order valence-electron chi connectivity index (χ2n) is 5.05. The fraction of sp³-hybridized carbons (Fsp3) is 0. The van der Waals surface area contributed by atoms with Crippen molar-refractivity contribution in [3.05, 3.63) is 70.2 Å². The first-order chi connectivity index (χ1) is 11.3. The number of esters is 1. The number of ether oxygens (including phenoxy) is 1. The molecule has 2 aromatic heterocycles. The molecule has 112 valence electrons. The van der Waals surface area contributed by atoms with Crippen molar-refractivity contribution >= 4 is 46.3 Å². The third-order valence-corrected chi connectivity index (χ3v) is 4.21. The first-order valence-electron chi connectivity index (χ1n) is 7.08. The Morgan fingerprint density at radius 3 is 2.96 bits per heavy atom. The molecular weight excluding hydrogens is 308 g/mol. The predicted octanol–water partition coefficient (Wildman–Crippen LogP) is 4.24. The average Bonchev–Trinajstić information content (AvgIpc) is 3.28. The summed E-state index contributed by atoms with van der Waals surface area (Å²) in [5.74, 6) is -0.118. The molecular formula is C18H12N2O2S. The predicted molar refractivity (Wildman–Crippen MR) is 93.2 cm³/mol. The molecule has 1 aliphatic rings. The molecule has 5 heteroatoms. The zero-order valence-corrected chi connectivity index (χ0v) is 12.8. The number of nitrogens with one attached hydrogen (secondary N) is 1. The molecule has 0 saturated heterocycles. The van der Waals surface area contributed by atoms with Crippen molar-refractivity contribution in [3.8, 4) is 0 Å². The Kier molecular flexibility index (Phi) is 3.40. The molecule has 4 rings (SSSR count). The zero-order chi connectivity index (χ0) is 15.6. The van der Waals surface area contributed by atoms with Gasteiger partial charge >= 0.3 is 5.97 Å². The van der Waals surface area contributed by atoms with Gasteiger partial charge in [-0.3, -0.25) is 0 Å². The van der Waals surface area contributed by atoms with Crippen molar-refractivity contribution in [2.75, 3.05) is 0 Å². The minimum atomic E-state index is -0.430. The van der Waals surface area contributed by atoms with Crippen LogP contribution in [0.5, 0.6) is 0 Å². The van der Waals surface area contributed by atoms with Gasteiger partial charge in [0.15, 0.2) is 5.70 Å². The molecule has 1 aromatic carbocycles. The summed E-state index contributed by atoms with van der Waals surface area (Å²) in [5, 5.41) is 5.05. The van der Waals surface area contributed by atoms with Crippen LogP contribution in [0.15, 0.2) is 64.1 Å². The molecule has 0 amide bonds. The molecule has 0 aliphatic carbocycles. The van der Waals surface area contributed by atoms with E-state index in [2.05, 4.69) is 9.98 Å². The normalized spacial score (nSPS) is 16.4. The highest BCUT2D eigenvalue weighted by molar-refractivity contribution is 7.08. The zero-order valence-electron chi connectivity index (χ0n) is 12.0. The van der Waals surface area contributed by atoms with Crippen LogP contribution in [-0.2, 0) is 9.53 Å². The summed E-state index contributed by atoms with van der Waals surface area (Å²) in [5.41, 5.74) is 3.30. The molecule has 0 bridgehead atoms. The van der Waals surface area contributed by atoms with Gasteiger partial charge in [-0.15, -0.1) is 0 Å². The van der Waals surface area contributed by atoms with Gasteiger partial charge in [-0.2, -0.15) is 11.3 Å². The van der Waals surface area contributed by atoms with Crippen molar-refractivity contribution in [3.63, 3.8) is 0 Å². The van der Waals surface area contributed by atoms with Crippen LogP contribution < -0.4 is 0 Å². The lowest BCUT2D eigenvalue weighted by molar-refractivity contribution is -0.129. The van der Waals surface area contributed by atoms with E-state index in [0.717, 1.165) is 22.0 Å². The third-order valence-electron chi connectivity index (χ3n) is 3.51. The lowest BCUT2D eigenvalue weighted by Crippen LogP contribution is -2.00. The third kappa shape index (κ3) is 2.74. The van der Waals surface area contributed by atoms with Crippen LogP contribution >= 0.6 is 11.3 Å². The first kappa shape index (κ1) is 13.7. The van der Waals surface area contributed by atoms with Crippen LogP contribution in [0.1, 0.15) is 11.1 Å². The van der Waals surface area contributed by atoms with E-state index >= 15 is 0 Å². The Hall–Kier alpha value is -2.92. The van der Waals surface area contributed by atoms with Gasteiger partial charge < -0.3 is 9.72 Å². The number of fused-ring (bicyclic) bond motifs is 1. The molecule has 23 heavy (non-hydrogen) atoms. The summed E-state index contributed by atoms with van der Waals surface area (Å²) in [4.78, 5) is 19.4. The molecule has 3 aromatic rings. The van der Waals surface area contributed by atoms with E-state index in [0.29, 0.717) is 11.6 Å². The number of aliphatic imine (C=N–C) groups is 1. The maximum Gasteiger partial charge on any atom is 0.363 e. The van der Waals surface area contributed by atoms with Crippen molar-refractivity contribution < 1.29 is 9.53 Å². The monoisotopic (exact) mass is 320 g/mol. The Balaban J connectivity index is 1.64. The minimum absolute atomic E-state index is 0.305. The van der Waals surface area contributed by atoms with Crippen LogP contribution in [0, 0.1) is 0 Å². The van der Waals surface area contributed by atoms with Crippen LogP contribution in [0.2, 0.25) is 0 Å². The molecule has 1 aliphatic heterocycles. The number of carbonyl (C=O) groups excluding carboxylic acids is 1. The van der Waals surface area contributed by atoms with Gasteiger partial charge in [-0.05, 0) is 40.6 Å². The number of cyclic esters (lactones) is 1. The quantitative estimate of drug-likeness (QED) is 0.580. The fourth-order valence-corrected chi connectivity index (χ4v) is 3.02. The summed E-state index contributed by atoms with van der Waals surface area (Å²) < 4.78 is 5.18. The van der Waals surface area contributed by atoms with E-state index in [9.17, 15) is 4.79 Å². The molecule has 0 fully saturated rings. The number of aromatic nitrogens is 1. The molecule has 1 N–H and O–H groups in total. The highest BCUT2D eigenvalue weighted by Crippen LogP contribution is 2.23. The van der Waals surface area contributed by atoms with Crippen LogP contribution in [0.25, 0.3) is 23.1 Å². The fourth-order valence-electron chi connectivity index (χ4n) is 2.39. The largest absolute Gasteiger partial charge is 0.403 e. The molecule has 3 heterocycles. The van der Waals surface area contributed by atoms with Gasteiger partial charge in [0.25, 0.3) is 0 Å². The molecule has 0 spiro atoms. The second kappa shape index (κ2) is 5.70. The van der Waals surface area contributed by atoms with Gasteiger partial charge in [0.2, 0.25) is 5.90 Å². The maximum absolute atomic E-state index is 12.0. The number of rotatable bonds is 3. The number of hydrogen-bond acceptors (Lipinski definition) is 4. The van der Waals surface area contributed by atoms with Crippen LogP contribution in [0.3, 0.4) is 0 Å². The smallest absolute Gasteiger partial charge is 0.363 e. The summed E-state index contributed by atoms with van der Waals surface area (Å²) in [7, 11) is 0. The van der Waals surface area contributed by atoms with Crippen molar-refractivity contribution in [2.24, 2.45) is 4.99 Å². The van der Waals surface area contributed by atoms with E-state index in [-0.39, 0.29) is 0 Å². The number of carbonyl (C=O) groups is 1.